The van der Waals surface area contributed by atoms with Gasteiger partial charge in [0.1, 0.15) is 4.75 Å². The molecule has 22 heavy (non-hydrogen) atoms. The zero-order valence-electron chi connectivity index (χ0n) is 13.2. The Hall–Kier alpha value is -1.12. The number of rotatable bonds is 9. The predicted octanol–water partition coefficient (Wildman–Crippen LogP) is 0.834. The highest BCUT2D eigenvalue weighted by atomic mass is 32.2. The van der Waals surface area contributed by atoms with Gasteiger partial charge in [-0.1, -0.05) is 13.0 Å². The molecular weight excluding hydrogens is 308 g/mol. The fraction of sp³-hybridized carbons (Fsp3) is 0.786. The van der Waals surface area contributed by atoms with Crippen molar-refractivity contribution < 1.29 is 22.8 Å². The van der Waals surface area contributed by atoms with Crippen LogP contribution in [0.1, 0.15) is 46.0 Å². The summed E-state index contributed by atoms with van der Waals surface area (Å²) < 4.78 is 26.8. The van der Waals surface area contributed by atoms with Gasteiger partial charge < -0.3 is 10.1 Å². The van der Waals surface area contributed by atoms with E-state index in [-0.39, 0.29) is 6.42 Å². The lowest BCUT2D eigenvalue weighted by Gasteiger charge is -2.26. The maximum absolute atomic E-state index is 12.1. The number of hydrogen-bond donors (Lipinski definition) is 3. The highest BCUT2D eigenvalue weighted by Gasteiger charge is 2.37. The van der Waals surface area contributed by atoms with Crippen molar-refractivity contribution in [2.75, 3.05) is 13.2 Å². The number of ether oxygens (including phenoxy) is 1. The number of hydroxylamine groups is 1. The van der Waals surface area contributed by atoms with Crippen LogP contribution in [0.25, 0.3) is 0 Å². The fourth-order valence-corrected chi connectivity index (χ4v) is 2.43. The molecule has 1 heterocycles. The van der Waals surface area contributed by atoms with E-state index in [0.29, 0.717) is 19.6 Å². The lowest BCUT2D eigenvalue weighted by molar-refractivity contribution is -0.201. The van der Waals surface area contributed by atoms with E-state index in [1.54, 1.807) is 6.20 Å². The summed E-state index contributed by atoms with van der Waals surface area (Å²) >= 11 is 0. The Morgan fingerprint density at radius 2 is 2.23 bits per heavy atom. The summed E-state index contributed by atoms with van der Waals surface area (Å²) in [6.45, 7) is 4.35. The van der Waals surface area contributed by atoms with Crippen molar-refractivity contribution in [3.63, 3.8) is 0 Å². The molecule has 0 aromatic heterocycles. The van der Waals surface area contributed by atoms with E-state index >= 15 is 0 Å². The lowest BCUT2D eigenvalue weighted by Crippen LogP contribution is -2.48. The van der Waals surface area contributed by atoms with Gasteiger partial charge in [-0.05, 0) is 38.8 Å². The number of carbonyl (C=O) groups excluding carboxylic acids is 1. The maximum Gasteiger partial charge on any atom is 0.264 e. The second-order valence-corrected chi connectivity index (χ2v) is 6.89. The van der Waals surface area contributed by atoms with Crippen molar-refractivity contribution in [1.29, 1.82) is 0 Å². The van der Waals surface area contributed by atoms with E-state index in [2.05, 4.69) is 10.8 Å². The first-order chi connectivity index (χ1) is 10.5. The summed E-state index contributed by atoms with van der Waals surface area (Å²) in [5.41, 5.74) is 2.23. The summed E-state index contributed by atoms with van der Waals surface area (Å²) in [7, 11) is -2.94. The van der Waals surface area contributed by atoms with Crippen molar-refractivity contribution in [2.24, 2.45) is 0 Å². The van der Waals surface area contributed by atoms with E-state index in [1.165, 1.54) is 6.92 Å². The van der Waals surface area contributed by atoms with Crippen molar-refractivity contribution in [3.05, 3.63) is 12.3 Å². The van der Waals surface area contributed by atoms with Crippen LogP contribution in [-0.4, -0.2) is 38.5 Å². The molecule has 2 unspecified atom stereocenters. The first-order valence-electron chi connectivity index (χ1n) is 7.61. The van der Waals surface area contributed by atoms with Crippen LogP contribution in [0.15, 0.2) is 12.3 Å². The van der Waals surface area contributed by atoms with Crippen molar-refractivity contribution in [2.45, 2.75) is 57.0 Å². The first-order valence-corrected chi connectivity index (χ1v) is 8.79. The fourth-order valence-electron chi connectivity index (χ4n) is 1.92. The Bertz CT molecular complexity index is 439. The van der Waals surface area contributed by atoms with Crippen molar-refractivity contribution in [3.8, 4) is 0 Å². The highest BCUT2D eigenvalue weighted by molar-refractivity contribution is 7.75. The molecule has 1 aliphatic heterocycles. The van der Waals surface area contributed by atoms with Gasteiger partial charge in [0.05, 0.1) is 0 Å². The summed E-state index contributed by atoms with van der Waals surface area (Å²) in [4.78, 5) is 17.3. The van der Waals surface area contributed by atoms with Gasteiger partial charge in [0.25, 0.3) is 5.91 Å². The van der Waals surface area contributed by atoms with Crippen molar-refractivity contribution in [1.82, 2.24) is 10.8 Å². The molecule has 8 heteroatoms. The molecule has 2 N–H and O–H groups in total. The van der Waals surface area contributed by atoms with E-state index < -0.39 is 27.6 Å². The average molecular weight is 334 g/mol. The summed E-state index contributed by atoms with van der Waals surface area (Å²) in [5, 5.41) is 2.96. The summed E-state index contributed by atoms with van der Waals surface area (Å²) in [6.07, 6.45) is 6.81. The van der Waals surface area contributed by atoms with Gasteiger partial charge in [-0.15, -0.1) is 0 Å². The Morgan fingerprint density at radius 1 is 1.45 bits per heavy atom. The van der Waals surface area contributed by atoms with Gasteiger partial charge in [-0.3, -0.25) is 4.79 Å². The summed E-state index contributed by atoms with van der Waals surface area (Å²) in [5.74, 6) is -0.668. The molecular formula is C14H26N2O5S. The normalized spacial score (nSPS) is 21.7. The van der Waals surface area contributed by atoms with Crippen LogP contribution in [0, 0.1) is 0 Å². The van der Waals surface area contributed by atoms with Crippen molar-refractivity contribution >= 4 is 16.6 Å². The van der Waals surface area contributed by atoms with E-state index in [0.717, 1.165) is 19.3 Å². The van der Waals surface area contributed by atoms with Crippen LogP contribution < -0.4 is 10.8 Å². The Balaban J connectivity index is 2.48. The number of nitrogens with one attached hydrogen (secondary N) is 2. The van der Waals surface area contributed by atoms with E-state index in [4.69, 9.17) is 9.57 Å². The molecule has 0 aliphatic carbocycles. The monoisotopic (exact) mass is 334 g/mol. The molecule has 1 fully saturated rings. The summed E-state index contributed by atoms with van der Waals surface area (Å²) in [6, 6.07) is 0. The molecule has 0 bridgehead atoms. The maximum atomic E-state index is 12.1. The smallest absolute Gasteiger partial charge is 0.264 e. The molecule has 0 saturated carbocycles. The minimum Gasteiger partial charge on any atom is -0.391 e. The van der Waals surface area contributed by atoms with Gasteiger partial charge in [-0.25, -0.2) is 18.7 Å². The first kappa shape index (κ1) is 18.9. The van der Waals surface area contributed by atoms with Gasteiger partial charge in [-0.2, -0.15) is 0 Å². The number of thiol groups is 1. The second kappa shape index (κ2) is 9.81. The predicted molar refractivity (Wildman–Crippen MR) is 83.6 cm³/mol. The Labute approximate surface area is 133 Å². The lowest BCUT2D eigenvalue weighted by atomic mass is 10.1. The quantitative estimate of drug-likeness (QED) is 0.329. The minimum absolute atomic E-state index is 0.153. The van der Waals surface area contributed by atoms with Crippen LogP contribution in [0.5, 0.6) is 0 Å². The van der Waals surface area contributed by atoms with Crippen LogP contribution >= 0.6 is 0 Å². The molecule has 1 amide bonds. The molecule has 128 valence electrons. The van der Waals surface area contributed by atoms with Gasteiger partial charge in [0.15, 0.2) is 17.0 Å². The molecule has 0 aromatic rings. The average Bonchev–Trinajstić information content (AvgIpc) is 2.52. The molecule has 1 rings (SSSR count). The van der Waals surface area contributed by atoms with Crippen LogP contribution in [0.4, 0.5) is 0 Å². The zero-order valence-corrected chi connectivity index (χ0v) is 14.1. The van der Waals surface area contributed by atoms with Crippen LogP contribution in [0.3, 0.4) is 0 Å². The van der Waals surface area contributed by atoms with Gasteiger partial charge in [0, 0.05) is 19.6 Å². The third-order valence-corrected chi connectivity index (χ3v) is 4.77. The van der Waals surface area contributed by atoms with Crippen LogP contribution in [0.2, 0.25) is 0 Å². The van der Waals surface area contributed by atoms with E-state index in [1.807, 2.05) is 13.0 Å². The third-order valence-electron chi connectivity index (χ3n) is 3.54. The third kappa shape index (κ3) is 5.94. The molecule has 2 atom stereocenters. The standard InChI is InChI=1S/C14H26N2O5S/c1-3-4-9-15-10-8-14(2,22(18)19)13(17)16-21-12-7-5-6-11-20-12/h4,9,12,15,22H,3,5-8,10-11H2,1-2H3,(H,16,17)/b9-4-. The number of hydrogen-bond acceptors (Lipinski definition) is 6. The van der Waals surface area contributed by atoms with Gasteiger partial charge in [0.2, 0.25) is 0 Å². The largest absolute Gasteiger partial charge is 0.391 e. The Kier molecular flexibility index (Phi) is 8.44. The zero-order chi connectivity index (χ0) is 16.4. The molecule has 7 nitrogen and oxygen atoms in total. The SMILES string of the molecule is CC/C=C\NCCC(C)(C(=O)NOC1CCCCO1)[SH](=O)=O. The number of amides is 1. The molecule has 0 radical (unpaired) electrons. The van der Waals surface area contributed by atoms with E-state index in [9.17, 15) is 13.2 Å². The highest BCUT2D eigenvalue weighted by Crippen LogP contribution is 2.16. The molecule has 1 saturated heterocycles. The van der Waals surface area contributed by atoms with Gasteiger partial charge >= 0.3 is 0 Å². The minimum atomic E-state index is -2.94. The topological polar surface area (TPSA) is 93.7 Å². The molecule has 1 aliphatic rings. The number of allylic oxidation sites excluding steroid dienone is 1. The number of carbonyl (C=O) groups is 1. The second-order valence-electron chi connectivity index (χ2n) is 5.39. The Morgan fingerprint density at radius 3 is 2.82 bits per heavy atom. The van der Waals surface area contributed by atoms with Crippen LogP contribution in [-0.2, 0) is 25.1 Å². The molecule has 0 aromatic carbocycles. The molecule has 0 spiro atoms.